The molecule has 1 aromatic carbocycles. The number of anilines is 1. The van der Waals surface area contributed by atoms with E-state index in [2.05, 4.69) is 25.8 Å². The Morgan fingerprint density at radius 3 is 2.58 bits per heavy atom. The lowest BCUT2D eigenvalue weighted by Crippen LogP contribution is -2.33. The van der Waals surface area contributed by atoms with Crippen LogP contribution in [-0.2, 0) is 9.47 Å². The van der Waals surface area contributed by atoms with Gasteiger partial charge in [0.1, 0.15) is 11.4 Å². The molecule has 0 saturated carbocycles. The van der Waals surface area contributed by atoms with E-state index in [4.69, 9.17) is 9.47 Å². The summed E-state index contributed by atoms with van der Waals surface area (Å²) in [6.45, 7) is 8.51. The zero-order valence-corrected chi connectivity index (χ0v) is 18.5. The van der Waals surface area contributed by atoms with Crippen LogP contribution in [0.5, 0.6) is 0 Å². The number of hydrogen-bond donors (Lipinski definition) is 2. The first-order valence-corrected chi connectivity index (χ1v) is 10.1. The average Bonchev–Trinajstić information content (AvgIpc) is 3.10. The van der Waals surface area contributed by atoms with Crippen LogP contribution < -0.4 is 10.6 Å². The van der Waals surface area contributed by atoms with Gasteiger partial charge in [-0.1, -0.05) is 0 Å². The lowest BCUT2D eigenvalue weighted by Gasteiger charge is -2.19. The molecule has 0 spiro atoms. The third kappa shape index (κ3) is 5.39. The van der Waals surface area contributed by atoms with Gasteiger partial charge in [0.15, 0.2) is 5.82 Å². The predicted molar refractivity (Wildman–Crippen MR) is 116 cm³/mol. The van der Waals surface area contributed by atoms with Gasteiger partial charge in [-0.3, -0.25) is 4.40 Å². The highest BCUT2D eigenvalue weighted by molar-refractivity contribution is 5.94. The summed E-state index contributed by atoms with van der Waals surface area (Å²) in [6, 6.07) is 5.18. The second kappa shape index (κ2) is 9.15. The average molecular weight is 428 g/mol. The predicted octanol–water partition coefficient (Wildman–Crippen LogP) is 3.09. The molecule has 1 amide bonds. The summed E-state index contributed by atoms with van der Waals surface area (Å²) in [5.41, 5.74) is 1.94. The SMILES string of the molecule is COC(=O)c1ccc2nc(NCCCCNC(=O)OC(C)(C)C)c3nnc(C)n3c2c1. The highest BCUT2D eigenvalue weighted by atomic mass is 16.6. The van der Waals surface area contributed by atoms with Crippen LogP contribution in [0.25, 0.3) is 16.7 Å². The van der Waals surface area contributed by atoms with Gasteiger partial charge in [-0.25, -0.2) is 14.6 Å². The van der Waals surface area contributed by atoms with Gasteiger partial charge >= 0.3 is 12.1 Å². The fourth-order valence-corrected chi connectivity index (χ4v) is 3.10. The largest absolute Gasteiger partial charge is 0.465 e. The van der Waals surface area contributed by atoms with E-state index in [1.54, 1.807) is 18.2 Å². The summed E-state index contributed by atoms with van der Waals surface area (Å²) in [4.78, 5) is 28.2. The van der Waals surface area contributed by atoms with E-state index >= 15 is 0 Å². The summed E-state index contributed by atoms with van der Waals surface area (Å²) in [6.07, 6.45) is 1.18. The molecule has 166 valence electrons. The van der Waals surface area contributed by atoms with Gasteiger partial charge in [0.25, 0.3) is 0 Å². The Bertz CT molecular complexity index is 1100. The molecule has 0 radical (unpaired) electrons. The van der Waals surface area contributed by atoms with Gasteiger partial charge in [-0.05, 0) is 58.7 Å². The Hall–Kier alpha value is -3.43. The van der Waals surface area contributed by atoms with Gasteiger partial charge in [0, 0.05) is 13.1 Å². The molecular weight excluding hydrogens is 400 g/mol. The Kier molecular flexibility index (Phi) is 6.57. The van der Waals surface area contributed by atoms with Crippen molar-refractivity contribution in [1.29, 1.82) is 0 Å². The minimum atomic E-state index is -0.507. The molecule has 31 heavy (non-hydrogen) atoms. The lowest BCUT2D eigenvalue weighted by atomic mass is 10.2. The van der Waals surface area contributed by atoms with Crippen LogP contribution in [0.15, 0.2) is 18.2 Å². The van der Waals surface area contributed by atoms with Crippen molar-refractivity contribution in [3.63, 3.8) is 0 Å². The number of benzene rings is 1. The van der Waals surface area contributed by atoms with Crippen LogP contribution in [0.2, 0.25) is 0 Å². The van der Waals surface area contributed by atoms with Crippen molar-refractivity contribution in [3.8, 4) is 0 Å². The minimum Gasteiger partial charge on any atom is -0.465 e. The van der Waals surface area contributed by atoms with E-state index in [-0.39, 0.29) is 0 Å². The van der Waals surface area contributed by atoms with Crippen molar-refractivity contribution in [2.24, 2.45) is 0 Å². The zero-order chi connectivity index (χ0) is 22.6. The first-order chi connectivity index (χ1) is 14.7. The molecule has 2 N–H and O–H groups in total. The first-order valence-electron chi connectivity index (χ1n) is 10.1. The Morgan fingerprint density at radius 2 is 1.87 bits per heavy atom. The number of nitrogens with zero attached hydrogens (tertiary/aromatic N) is 4. The quantitative estimate of drug-likeness (QED) is 0.435. The molecular formula is C21H28N6O4. The maximum atomic E-state index is 11.9. The van der Waals surface area contributed by atoms with E-state index in [1.807, 2.05) is 32.1 Å². The van der Waals surface area contributed by atoms with E-state index in [0.717, 1.165) is 18.4 Å². The van der Waals surface area contributed by atoms with Gasteiger partial charge in [-0.15, -0.1) is 10.2 Å². The zero-order valence-electron chi connectivity index (χ0n) is 18.5. The molecule has 0 saturated heterocycles. The first kappa shape index (κ1) is 22.3. The standard InChI is InChI=1S/C21H28N6O4/c1-13-25-26-18-17(22-10-6-7-11-23-20(29)31-21(2,3)4)24-15-9-8-14(19(28)30-5)12-16(15)27(13)18/h8-9,12H,6-7,10-11H2,1-5H3,(H,22,24)(H,23,29). The number of unbranched alkanes of at least 4 members (excludes halogenated alkanes) is 1. The van der Waals surface area contributed by atoms with Gasteiger partial charge < -0.3 is 20.1 Å². The van der Waals surface area contributed by atoms with Crippen molar-refractivity contribution in [2.75, 3.05) is 25.5 Å². The van der Waals surface area contributed by atoms with Crippen LogP contribution in [0.1, 0.15) is 49.8 Å². The second-order valence-corrected chi connectivity index (χ2v) is 8.12. The maximum Gasteiger partial charge on any atom is 0.407 e. The third-order valence-corrected chi connectivity index (χ3v) is 4.47. The Balaban J connectivity index is 1.66. The molecule has 10 heteroatoms. The molecule has 0 aliphatic rings. The Labute approximate surface area is 180 Å². The van der Waals surface area contributed by atoms with E-state index in [9.17, 15) is 9.59 Å². The maximum absolute atomic E-state index is 11.9. The molecule has 3 rings (SSSR count). The monoisotopic (exact) mass is 428 g/mol. The molecule has 10 nitrogen and oxygen atoms in total. The number of nitrogens with one attached hydrogen (secondary N) is 2. The number of esters is 1. The van der Waals surface area contributed by atoms with Crippen molar-refractivity contribution < 1.29 is 19.1 Å². The summed E-state index contributed by atoms with van der Waals surface area (Å²) in [7, 11) is 1.35. The number of aryl methyl sites for hydroxylation is 1. The van der Waals surface area contributed by atoms with Gasteiger partial charge in [0.05, 0.1) is 23.7 Å². The Morgan fingerprint density at radius 1 is 1.13 bits per heavy atom. The number of rotatable bonds is 7. The molecule has 0 aliphatic heterocycles. The van der Waals surface area contributed by atoms with Crippen molar-refractivity contribution in [2.45, 2.75) is 46.1 Å². The number of carbonyl (C=O) groups is 2. The van der Waals surface area contributed by atoms with Crippen LogP contribution in [0.3, 0.4) is 0 Å². The molecule has 3 aromatic rings. The van der Waals surface area contributed by atoms with E-state index < -0.39 is 17.7 Å². The molecule has 0 bridgehead atoms. The molecule has 0 atom stereocenters. The van der Waals surface area contributed by atoms with Crippen LogP contribution >= 0.6 is 0 Å². The molecule has 0 aliphatic carbocycles. The third-order valence-electron chi connectivity index (χ3n) is 4.47. The molecule has 0 unspecified atom stereocenters. The van der Waals surface area contributed by atoms with Crippen LogP contribution in [-0.4, -0.2) is 57.4 Å². The lowest BCUT2D eigenvalue weighted by molar-refractivity contribution is 0.0526. The number of alkyl carbamates (subject to hydrolysis) is 1. The highest BCUT2D eigenvalue weighted by Crippen LogP contribution is 2.23. The summed E-state index contributed by atoms with van der Waals surface area (Å²) >= 11 is 0. The highest BCUT2D eigenvalue weighted by Gasteiger charge is 2.16. The number of aromatic nitrogens is 4. The van der Waals surface area contributed by atoms with Crippen molar-refractivity contribution in [1.82, 2.24) is 24.9 Å². The molecule has 2 heterocycles. The fraction of sp³-hybridized carbons (Fsp3) is 0.476. The number of fused-ring (bicyclic) bond motifs is 3. The number of methoxy groups -OCH3 is 1. The minimum absolute atomic E-state index is 0.413. The van der Waals surface area contributed by atoms with Crippen LogP contribution in [0.4, 0.5) is 10.6 Å². The van der Waals surface area contributed by atoms with E-state index in [0.29, 0.717) is 41.5 Å². The smallest absolute Gasteiger partial charge is 0.407 e. The van der Waals surface area contributed by atoms with Gasteiger partial charge in [-0.2, -0.15) is 0 Å². The number of carbonyl (C=O) groups excluding carboxylic acids is 2. The summed E-state index contributed by atoms with van der Waals surface area (Å²) in [5.74, 6) is 0.885. The number of hydrogen-bond acceptors (Lipinski definition) is 8. The fourth-order valence-electron chi connectivity index (χ4n) is 3.10. The van der Waals surface area contributed by atoms with Crippen molar-refractivity contribution in [3.05, 3.63) is 29.6 Å². The topological polar surface area (TPSA) is 120 Å². The number of ether oxygens (including phenoxy) is 2. The van der Waals surface area contributed by atoms with Crippen molar-refractivity contribution >= 4 is 34.6 Å². The van der Waals surface area contributed by atoms with Crippen LogP contribution in [0, 0.1) is 6.92 Å². The summed E-state index contributed by atoms with van der Waals surface area (Å²) < 4.78 is 11.9. The second-order valence-electron chi connectivity index (χ2n) is 8.12. The molecule has 0 fully saturated rings. The summed E-state index contributed by atoms with van der Waals surface area (Å²) in [5, 5.41) is 14.4. The number of amides is 1. The van der Waals surface area contributed by atoms with E-state index in [1.165, 1.54) is 7.11 Å². The van der Waals surface area contributed by atoms with Gasteiger partial charge in [0.2, 0.25) is 5.65 Å². The normalized spacial score (nSPS) is 11.5. The molecule has 2 aromatic heterocycles.